The van der Waals surface area contributed by atoms with Crippen LogP contribution in [0.4, 0.5) is 13.6 Å². The van der Waals surface area contributed by atoms with E-state index in [1.54, 1.807) is 6.92 Å². The standard InChI is InChI=1S/C13H17F2N3O2/c1-7(10-6-9(14)4-5-11(10)15)17-8(2)12(19)18-13(20)16-3/h4-8,17H,1-3H3,(H2,16,18,19,20)/t7-,8-/m0/s1. The van der Waals surface area contributed by atoms with Crippen LogP contribution in [0.1, 0.15) is 25.5 Å². The molecule has 7 heteroatoms. The average Bonchev–Trinajstić information content (AvgIpc) is 2.40. The minimum Gasteiger partial charge on any atom is -0.341 e. The Morgan fingerprint density at radius 3 is 2.45 bits per heavy atom. The van der Waals surface area contributed by atoms with E-state index in [0.29, 0.717) is 0 Å². The number of imide groups is 1. The van der Waals surface area contributed by atoms with E-state index in [-0.39, 0.29) is 5.56 Å². The van der Waals surface area contributed by atoms with Crippen LogP contribution in [0.25, 0.3) is 0 Å². The minimum atomic E-state index is -0.745. The third kappa shape index (κ3) is 4.27. The second-order valence-corrected chi connectivity index (χ2v) is 4.34. The Bertz CT molecular complexity index is 508. The van der Waals surface area contributed by atoms with Gasteiger partial charge in [-0.2, -0.15) is 0 Å². The Morgan fingerprint density at radius 2 is 1.85 bits per heavy atom. The van der Waals surface area contributed by atoms with Gasteiger partial charge in [-0.25, -0.2) is 13.6 Å². The van der Waals surface area contributed by atoms with Crippen molar-refractivity contribution in [3.8, 4) is 0 Å². The summed E-state index contributed by atoms with van der Waals surface area (Å²) >= 11 is 0. The van der Waals surface area contributed by atoms with Gasteiger partial charge in [0.25, 0.3) is 0 Å². The average molecular weight is 285 g/mol. The van der Waals surface area contributed by atoms with E-state index in [4.69, 9.17) is 0 Å². The molecule has 0 radical (unpaired) electrons. The molecule has 0 aliphatic carbocycles. The van der Waals surface area contributed by atoms with Crippen LogP contribution in [0, 0.1) is 11.6 Å². The van der Waals surface area contributed by atoms with E-state index in [2.05, 4.69) is 16.0 Å². The molecule has 3 N–H and O–H groups in total. The van der Waals surface area contributed by atoms with Crippen molar-refractivity contribution >= 4 is 11.9 Å². The number of halogens is 2. The van der Waals surface area contributed by atoms with Crippen LogP contribution in [-0.4, -0.2) is 25.0 Å². The van der Waals surface area contributed by atoms with Crippen LogP contribution in [0.2, 0.25) is 0 Å². The quantitative estimate of drug-likeness (QED) is 0.784. The zero-order valence-electron chi connectivity index (χ0n) is 11.5. The molecule has 1 rings (SSSR count). The van der Waals surface area contributed by atoms with Crippen molar-refractivity contribution in [1.29, 1.82) is 0 Å². The highest BCUT2D eigenvalue weighted by atomic mass is 19.1. The summed E-state index contributed by atoms with van der Waals surface area (Å²) in [5, 5.41) is 7.13. The smallest absolute Gasteiger partial charge is 0.321 e. The number of carbonyl (C=O) groups excluding carboxylic acids is 2. The van der Waals surface area contributed by atoms with E-state index in [1.807, 2.05) is 0 Å². The molecule has 0 aliphatic heterocycles. The fourth-order valence-corrected chi connectivity index (χ4v) is 1.67. The lowest BCUT2D eigenvalue weighted by Gasteiger charge is -2.20. The summed E-state index contributed by atoms with van der Waals surface area (Å²) < 4.78 is 26.7. The van der Waals surface area contributed by atoms with Gasteiger partial charge in [0.05, 0.1) is 6.04 Å². The van der Waals surface area contributed by atoms with Gasteiger partial charge < -0.3 is 5.32 Å². The molecular weight excluding hydrogens is 268 g/mol. The van der Waals surface area contributed by atoms with Crippen LogP contribution in [0.15, 0.2) is 18.2 Å². The molecule has 0 saturated carbocycles. The molecule has 3 amide bonds. The Labute approximate surface area is 115 Å². The maximum Gasteiger partial charge on any atom is 0.321 e. The maximum atomic E-state index is 13.6. The van der Waals surface area contributed by atoms with E-state index >= 15 is 0 Å². The van der Waals surface area contributed by atoms with E-state index < -0.39 is 35.7 Å². The first kappa shape index (κ1) is 16.0. The van der Waals surface area contributed by atoms with Crippen molar-refractivity contribution in [3.05, 3.63) is 35.4 Å². The highest BCUT2D eigenvalue weighted by molar-refractivity contribution is 5.96. The molecule has 20 heavy (non-hydrogen) atoms. The van der Waals surface area contributed by atoms with Gasteiger partial charge in [-0.15, -0.1) is 0 Å². The number of amides is 3. The lowest BCUT2D eigenvalue weighted by atomic mass is 10.1. The van der Waals surface area contributed by atoms with Crippen molar-refractivity contribution in [2.45, 2.75) is 25.9 Å². The summed E-state index contributed by atoms with van der Waals surface area (Å²) in [6.07, 6.45) is 0. The van der Waals surface area contributed by atoms with Gasteiger partial charge in [-0.05, 0) is 32.0 Å². The fourth-order valence-electron chi connectivity index (χ4n) is 1.67. The SMILES string of the molecule is CNC(=O)NC(=O)[C@H](C)N[C@@H](C)c1cc(F)ccc1F. The third-order valence-electron chi connectivity index (χ3n) is 2.78. The van der Waals surface area contributed by atoms with Crippen molar-refractivity contribution in [2.24, 2.45) is 0 Å². The summed E-state index contributed by atoms with van der Waals surface area (Å²) in [5.41, 5.74) is 0.115. The van der Waals surface area contributed by atoms with E-state index in [0.717, 1.165) is 18.2 Å². The molecule has 0 bridgehead atoms. The van der Waals surface area contributed by atoms with Gasteiger partial charge in [0.1, 0.15) is 11.6 Å². The first-order chi connectivity index (χ1) is 9.35. The largest absolute Gasteiger partial charge is 0.341 e. The normalized spacial score (nSPS) is 13.4. The Balaban J connectivity index is 2.70. The number of hydrogen-bond acceptors (Lipinski definition) is 3. The first-order valence-electron chi connectivity index (χ1n) is 6.08. The predicted molar refractivity (Wildman–Crippen MR) is 70.0 cm³/mol. The number of hydrogen-bond donors (Lipinski definition) is 3. The zero-order chi connectivity index (χ0) is 15.3. The molecule has 0 aliphatic rings. The van der Waals surface area contributed by atoms with E-state index in [9.17, 15) is 18.4 Å². The number of rotatable bonds is 4. The van der Waals surface area contributed by atoms with Crippen LogP contribution in [0.5, 0.6) is 0 Å². The monoisotopic (exact) mass is 285 g/mol. The number of carbonyl (C=O) groups is 2. The second kappa shape index (κ2) is 6.95. The van der Waals surface area contributed by atoms with Gasteiger partial charge in [-0.1, -0.05) is 0 Å². The molecule has 0 saturated heterocycles. The van der Waals surface area contributed by atoms with Gasteiger partial charge in [0.15, 0.2) is 0 Å². The summed E-state index contributed by atoms with van der Waals surface area (Å²) in [5.74, 6) is -1.68. The minimum absolute atomic E-state index is 0.115. The molecule has 1 aromatic carbocycles. The molecular formula is C13H17F2N3O2. The Morgan fingerprint density at radius 1 is 1.20 bits per heavy atom. The van der Waals surface area contributed by atoms with Crippen molar-refractivity contribution < 1.29 is 18.4 Å². The first-order valence-corrected chi connectivity index (χ1v) is 6.08. The molecule has 0 unspecified atom stereocenters. The molecule has 2 atom stereocenters. The van der Waals surface area contributed by atoms with Crippen LogP contribution in [-0.2, 0) is 4.79 Å². The van der Waals surface area contributed by atoms with E-state index in [1.165, 1.54) is 14.0 Å². The van der Waals surface area contributed by atoms with Crippen molar-refractivity contribution in [1.82, 2.24) is 16.0 Å². The Kier molecular flexibility index (Phi) is 5.57. The summed E-state index contributed by atoms with van der Waals surface area (Å²) in [7, 11) is 1.38. The summed E-state index contributed by atoms with van der Waals surface area (Å²) in [4.78, 5) is 22.6. The van der Waals surface area contributed by atoms with Gasteiger partial charge >= 0.3 is 6.03 Å². The lowest BCUT2D eigenvalue weighted by Crippen LogP contribution is -2.47. The fraction of sp³-hybridized carbons (Fsp3) is 0.385. The maximum absolute atomic E-state index is 13.6. The molecule has 0 heterocycles. The Hall–Kier alpha value is -2.02. The lowest BCUT2D eigenvalue weighted by molar-refractivity contribution is -0.121. The van der Waals surface area contributed by atoms with Gasteiger partial charge in [0.2, 0.25) is 5.91 Å². The van der Waals surface area contributed by atoms with Gasteiger partial charge in [0, 0.05) is 18.7 Å². The highest BCUT2D eigenvalue weighted by Crippen LogP contribution is 2.18. The van der Waals surface area contributed by atoms with Crippen LogP contribution >= 0.6 is 0 Å². The number of urea groups is 1. The molecule has 1 aromatic rings. The molecule has 0 fully saturated rings. The summed E-state index contributed by atoms with van der Waals surface area (Å²) in [6, 6.07) is 1.15. The molecule has 0 spiro atoms. The van der Waals surface area contributed by atoms with Crippen LogP contribution < -0.4 is 16.0 Å². The third-order valence-corrected chi connectivity index (χ3v) is 2.78. The molecule has 5 nitrogen and oxygen atoms in total. The second-order valence-electron chi connectivity index (χ2n) is 4.34. The topological polar surface area (TPSA) is 70.2 Å². The summed E-state index contributed by atoms with van der Waals surface area (Å²) in [6.45, 7) is 3.12. The van der Waals surface area contributed by atoms with Crippen molar-refractivity contribution in [3.63, 3.8) is 0 Å². The molecule has 0 aromatic heterocycles. The van der Waals surface area contributed by atoms with Crippen molar-refractivity contribution in [2.75, 3.05) is 7.05 Å². The number of nitrogens with one attached hydrogen (secondary N) is 3. The predicted octanol–water partition coefficient (Wildman–Crippen LogP) is 1.46. The van der Waals surface area contributed by atoms with Crippen LogP contribution in [0.3, 0.4) is 0 Å². The van der Waals surface area contributed by atoms with Gasteiger partial charge in [-0.3, -0.25) is 15.4 Å². The highest BCUT2D eigenvalue weighted by Gasteiger charge is 2.19. The molecule has 110 valence electrons. The number of benzene rings is 1. The zero-order valence-corrected chi connectivity index (χ0v) is 11.5.